The highest BCUT2D eigenvalue weighted by Gasteiger charge is 2.29. The van der Waals surface area contributed by atoms with Crippen molar-refractivity contribution in [3.8, 4) is 5.75 Å². The summed E-state index contributed by atoms with van der Waals surface area (Å²) in [7, 11) is 0. The highest BCUT2D eigenvalue weighted by atomic mass is 16.4. The summed E-state index contributed by atoms with van der Waals surface area (Å²) in [6.45, 7) is 2.05. The maximum atomic E-state index is 13.5. The number of fused-ring (bicyclic) bond motifs is 2. The third-order valence-corrected chi connectivity index (χ3v) is 5.85. The van der Waals surface area contributed by atoms with Crippen LogP contribution in [0.15, 0.2) is 97.5 Å². The summed E-state index contributed by atoms with van der Waals surface area (Å²) in [5.74, 6) is -1.06. The molecule has 1 N–H and O–H groups in total. The smallest absolute Gasteiger partial charge is 0.344 e. The second-order valence-corrected chi connectivity index (χ2v) is 7.69. The van der Waals surface area contributed by atoms with Gasteiger partial charge < -0.3 is 13.9 Å². The van der Waals surface area contributed by atoms with Crippen molar-refractivity contribution in [3.05, 3.63) is 122 Å². The van der Waals surface area contributed by atoms with Crippen molar-refractivity contribution in [2.45, 2.75) is 19.3 Å². The highest BCUT2D eigenvalue weighted by molar-refractivity contribution is 5.85. The van der Waals surface area contributed by atoms with Crippen LogP contribution in [0.1, 0.15) is 35.1 Å². The van der Waals surface area contributed by atoms with Gasteiger partial charge in [-0.2, -0.15) is 0 Å². The molecule has 0 fully saturated rings. The Labute approximate surface area is 183 Å². The number of rotatable bonds is 4. The van der Waals surface area contributed by atoms with E-state index in [4.69, 9.17) is 8.83 Å². The SMILES string of the molecule is CCc1ccc(C(c2c(O)c3ccccc3oc2=O)c2coc3ccccc3c2=O)cc1. The summed E-state index contributed by atoms with van der Waals surface area (Å²) in [6, 6.07) is 21.4. The normalized spacial score (nSPS) is 12.3. The van der Waals surface area contributed by atoms with Crippen molar-refractivity contribution >= 4 is 21.9 Å². The molecular formula is C27H20O5. The summed E-state index contributed by atoms with van der Waals surface area (Å²) < 4.78 is 11.3. The summed E-state index contributed by atoms with van der Waals surface area (Å²) in [6.07, 6.45) is 2.23. The fourth-order valence-electron chi connectivity index (χ4n) is 4.14. The molecule has 0 spiro atoms. The molecule has 0 aliphatic carbocycles. The van der Waals surface area contributed by atoms with Crippen LogP contribution in [0.3, 0.4) is 0 Å². The number of hydrogen-bond donors (Lipinski definition) is 1. The van der Waals surface area contributed by atoms with Gasteiger partial charge in [-0.1, -0.05) is 55.5 Å². The van der Waals surface area contributed by atoms with E-state index in [1.165, 1.54) is 6.26 Å². The first-order chi connectivity index (χ1) is 15.6. The minimum absolute atomic E-state index is 0.00975. The van der Waals surface area contributed by atoms with Gasteiger partial charge in [0.2, 0.25) is 0 Å². The number of para-hydroxylation sites is 2. The Morgan fingerprint density at radius 3 is 2.22 bits per heavy atom. The van der Waals surface area contributed by atoms with E-state index >= 15 is 0 Å². The molecule has 158 valence electrons. The van der Waals surface area contributed by atoms with E-state index < -0.39 is 11.5 Å². The van der Waals surface area contributed by atoms with Crippen molar-refractivity contribution in [1.82, 2.24) is 0 Å². The predicted molar refractivity (Wildman–Crippen MR) is 123 cm³/mol. The van der Waals surface area contributed by atoms with Gasteiger partial charge >= 0.3 is 5.63 Å². The maximum absolute atomic E-state index is 13.5. The van der Waals surface area contributed by atoms with Gasteiger partial charge in [0.1, 0.15) is 16.9 Å². The van der Waals surface area contributed by atoms with Crippen LogP contribution in [0.25, 0.3) is 21.9 Å². The third-order valence-electron chi connectivity index (χ3n) is 5.85. The molecule has 1 unspecified atom stereocenters. The Bertz CT molecular complexity index is 1560. The van der Waals surface area contributed by atoms with Crippen LogP contribution in [0, 0.1) is 0 Å². The molecule has 5 aromatic rings. The average molecular weight is 424 g/mol. The second kappa shape index (κ2) is 7.85. The lowest BCUT2D eigenvalue weighted by Gasteiger charge is -2.19. The summed E-state index contributed by atoms with van der Waals surface area (Å²) in [4.78, 5) is 26.5. The number of benzene rings is 3. The van der Waals surface area contributed by atoms with Crippen LogP contribution < -0.4 is 11.1 Å². The summed E-state index contributed by atoms with van der Waals surface area (Å²) in [5.41, 5.74) is 1.85. The van der Waals surface area contributed by atoms with Crippen molar-refractivity contribution in [2.75, 3.05) is 0 Å². The topological polar surface area (TPSA) is 80.7 Å². The fraction of sp³-hybridized carbons (Fsp3) is 0.111. The van der Waals surface area contributed by atoms with Gasteiger partial charge in [-0.15, -0.1) is 0 Å². The van der Waals surface area contributed by atoms with Gasteiger partial charge in [-0.05, 0) is 41.8 Å². The van der Waals surface area contributed by atoms with Crippen LogP contribution in [0.5, 0.6) is 5.75 Å². The highest BCUT2D eigenvalue weighted by Crippen LogP contribution is 2.37. The van der Waals surface area contributed by atoms with Crippen LogP contribution in [-0.2, 0) is 6.42 Å². The lowest BCUT2D eigenvalue weighted by atomic mass is 9.85. The molecule has 2 heterocycles. The van der Waals surface area contributed by atoms with Gasteiger partial charge in [-0.25, -0.2) is 4.79 Å². The predicted octanol–water partition coefficient (Wildman–Crippen LogP) is 5.35. The molecule has 3 aromatic carbocycles. The monoisotopic (exact) mass is 424 g/mol. The number of hydrogen-bond acceptors (Lipinski definition) is 5. The summed E-state index contributed by atoms with van der Waals surface area (Å²) in [5, 5.41) is 11.9. The Morgan fingerprint density at radius 2 is 1.50 bits per heavy atom. The zero-order chi connectivity index (χ0) is 22.2. The molecule has 5 heteroatoms. The fourth-order valence-corrected chi connectivity index (χ4v) is 4.14. The minimum atomic E-state index is -0.859. The van der Waals surface area contributed by atoms with Crippen LogP contribution >= 0.6 is 0 Å². The zero-order valence-electron chi connectivity index (χ0n) is 17.4. The molecule has 0 amide bonds. The molecule has 1 atom stereocenters. The molecular weight excluding hydrogens is 404 g/mol. The summed E-state index contributed by atoms with van der Waals surface area (Å²) >= 11 is 0. The van der Waals surface area contributed by atoms with Crippen molar-refractivity contribution in [1.29, 1.82) is 0 Å². The average Bonchev–Trinajstić information content (AvgIpc) is 2.83. The van der Waals surface area contributed by atoms with Crippen LogP contribution in [0.4, 0.5) is 0 Å². The molecule has 5 nitrogen and oxygen atoms in total. The second-order valence-electron chi connectivity index (χ2n) is 7.69. The molecule has 32 heavy (non-hydrogen) atoms. The van der Waals surface area contributed by atoms with Crippen molar-refractivity contribution < 1.29 is 13.9 Å². The third kappa shape index (κ3) is 3.19. The van der Waals surface area contributed by atoms with E-state index in [9.17, 15) is 14.7 Å². The van der Waals surface area contributed by atoms with Gasteiger partial charge in [0.25, 0.3) is 0 Å². The Hall–Kier alpha value is -4.12. The van der Waals surface area contributed by atoms with Gasteiger partial charge in [0.15, 0.2) is 5.43 Å². The van der Waals surface area contributed by atoms with Crippen LogP contribution in [-0.4, -0.2) is 5.11 Å². The van der Waals surface area contributed by atoms with E-state index in [-0.39, 0.29) is 27.9 Å². The standard InChI is InChI=1S/C27H20O5/c1-2-16-11-13-17(14-12-16)23(20-15-31-21-9-5-3-7-18(21)25(20)28)24-26(29)19-8-4-6-10-22(19)32-27(24)30/h3-15,23,29H,2H2,1H3. The molecule has 0 saturated carbocycles. The van der Waals surface area contributed by atoms with Crippen molar-refractivity contribution in [2.24, 2.45) is 0 Å². The molecule has 0 radical (unpaired) electrons. The molecule has 0 aliphatic heterocycles. The lowest BCUT2D eigenvalue weighted by Crippen LogP contribution is -2.21. The van der Waals surface area contributed by atoms with Gasteiger partial charge in [0.05, 0.1) is 28.5 Å². The minimum Gasteiger partial charge on any atom is -0.507 e. The molecule has 0 bridgehead atoms. The Balaban J connectivity index is 1.85. The lowest BCUT2D eigenvalue weighted by molar-refractivity contribution is 0.454. The molecule has 5 rings (SSSR count). The molecule has 0 saturated heterocycles. The molecule has 2 aromatic heterocycles. The van der Waals surface area contributed by atoms with E-state index in [1.54, 1.807) is 48.5 Å². The van der Waals surface area contributed by atoms with E-state index in [0.29, 0.717) is 21.9 Å². The zero-order valence-corrected chi connectivity index (χ0v) is 17.4. The number of aromatic hydroxyl groups is 1. The number of aryl methyl sites for hydroxylation is 1. The van der Waals surface area contributed by atoms with E-state index in [1.807, 2.05) is 31.2 Å². The first kappa shape index (κ1) is 19.8. The Kier molecular flexibility index (Phi) is 4.86. The van der Waals surface area contributed by atoms with E-state index in [2.05, 4.69) is 0 Å². The first-order valence-electron chi connectivity index (χ1n) is 10.4. The Morgan fingerprint density at radius 1 is 0.844 bits per heavy atom. The van der Waals surface area contributed by atoms with E-state index in [0.717, 1.165) is 12.0 Å². The van der Waals surface area contributed by atoms with Gasteiger partial charge in [0, 0.05) is 5.56 Å². The molecule has 0 aliphatic rings. The largest absolute Gasteiger partial charge is 0.507 e. The van der Waals surface area contributed by atoms with Crippen molar-refractivity contribution in [3.63, 3.8) is 0 Å². The van der Waals surface area contributed by atoms with Gasteiger partial charge in [-0.3, -0.25) is 4.79 Å². The maximum Gasteiger partial charge on any atom is 0.344 e. The quantitative estimate of drug-likeness (QED) is 0.394. The first-order valence-corrected chi connectivity index (χ1v) is 10.4. The van der Waals surface area contributed by atoms with Crippen LogP contribution in [0.2, 0.25) is 0 Å².